The molecule has 0 bridgehead atoms. The fraction of sp³-hybridized carbons (Fsp3) is 0.655. The average molecular weight is 559 g/mol. The molecule has 0 spiro atoms. The largest absolute Gasteiger partial charge is 0.378 e. The number of unbranched alkanes of at least 4 members (excludes halogenated alkanes) is 9. The van der Waals surface area contributed by atoms with Gasteiger partial charge in [-0.3, -0.25) is 19.1 Å². The van der Waals surface area contributed by atoms with Crippen LogP contribution in [-0.4, -0.2) is 52.5 Å². The fourth-order valence-electron chi connectivity index (χ4n) is 5.13. The number of carbonyl (C=O) groups excluding carboxylic acids is 1. The number of nitriles is 1. The van der Waals surface area contributed by atoms with Crippen molar-refractivity contribution in [3.05, 3.63) is 31.9 Å². The molecule has 2 aliphatic rings. The minimum Gasteiger partial charge on any atom is -0.378 e. The monoisotopic (exact) mass is 558 g/mol. The number of anilines is 1. The van der Waals surface area contributed by atoms with Gasteiger partial charge in [0.2, 0.25) is 0 Å². The second kappa shape index (κ2) is 15.4. The van der Waals surface area contributed by atoms with E-state index < -0.39 is 0 Å². The number of morpholine rings is 1. The highest BCUT2D eigenvalue weighted by atomic mass is 32.2. The number of rotatable bonds is 14. The number of pyridine rings is 1. The zero-order chi connectivity index (χ0) is 27.5. The summed E-state index contributed by atoms with van der Waals surface area (Å²) in [6, 6.07) is 2.09. The van der Waals surface area contributed by atoms with E-state index in [9.17, 15) is 14.9 Å². The van der Waals surface area contributed by atoms with Crippen molar-refractivity contribution in [1.82, 2.24) is 9.47 Å². The Hall–Kier alpha value is -2.15. The Labute approximate surface area is 237 Å². The summed E-state index contributed by atoms with van der Waals surface area (Å²) in [5.74, 6) is 0.660. The summed E-state index contributed by atoms with van der Waals surface area (Å²) in [5.41, 5.74) is 1.17. The van der Waals surface area contributed by atoms with Crippen LogP contribution in [0.15, 0.2) is 9.70 Å². The van der Waals surface area contributed by atoms with Gasteiger partial charge in [0.15, 0.2) is 0 Å². The van der Waals surface area contributed by atoms with Gasteiger partial charge in [-0.1, -0.05) is 88.7 Å². The van der Waals surface area contributed by atoms with Crippen LogP contribution in [0.5, 0.6) is 0 Å². The third kappa shape index (κ3) is 7.49. The number of hydrogen-bond acceptors (Lipinski definition) is 7. The maximum Gasteiger partial charge on any atom is 0.270 e. The van der Waals surface area contributed by atoms with Gasteiger partial charge in [0, 0.05) is 31.7 Å². The first-order chi connectivity index (χ1) is 18.4. The Morgan fingerprint density at radius 3 is 2.18 bits per heavy atom. The zero-order valence-corrected chi connectivity index (χ0v) is 24.9. The Kier molecular flexibility index (Phi) is 12.4. The summed E-state index contributed by atoms with van der Waals surface area (Å²) in [7, 11) is 0. The minimum atomic E-state index is -0.292. The van der Waals surface area contributed by atoms with Crippen LogP contribution in [0.3, 0.4) is 0 Å². The molecule has 0 N–H and O–H groups in total. The molecule has 2 aliphatic heterocycles. The first kappa shape index (κ1) is 30.4. The number of carbonyl (C=O) groups is 1. The third-order valence-electron chi connectivity index (χ3n) is 7.36. The van der Waals surface area contributed by atoms with E-state index in [2.05, 4.69) is 17.9 Å². The standard InChI is InChI=1S/C29H42N4O3S2/c1-4-6-7-8-9-10-11-12-13-14-15-33-28(35)25(38-29(33)37)20-23-22(3)24(21-30)27(34)32(5-2)26(23)31-16-18-36-19-17-31/h20H,4-19H2,1-3H3/b25-20-. The van der Waals surface area contributed by atoms with Gasteiger partial charge >= 0.3 is 0 Å². The molecule has 0 atom stereocenters. The van der Waals surface area contributed by atoms with Crippen LogP contribution in [0.4, 0.5) is 5.82 Å². The molecule has 0 saturated carbocycles. The van der Waals surface area contributed by atoms with Crippen LogP contribution >= 0.6 is 24.0 Å². The predicted molar refractivity (Wildman–Crippen MR) is 161 cm³/mol. The molecule has 38 heavy (non-hydrogen) atoms. The van der Waals surface area contributed by atoms with Gasteiger partial charge in [0.05, 0.1) is 18.1 Å². The molecule has 0 aliphatic carbocycles. The molecule has 7 nitrogen and oxygen atoms in total. The van der Waals surface area contributed by atoms with E-state index >= 15 is 0 Å². The highest BCUT2D eigenvalue weighted by Gasteiger charge is 2.33. The molecule has 0 radical (unpaired) electrons. The lowest BCUT2D eigenvalue weighted by Crippen LogP contribution is -2.41. The highest BCUT2D eigenvalue weighted by Crippen LogP contribution is 2.36. The van der Waals surface area contributed by atoms with Gasteiger partial charge in [-0.15, -0.1) is 0 Å². The lowest BCUT2D eigenvalue weighted by atomic mass is 10.0. The highest BCUT2D eigenvalue weighted by molar-refractivity contribution is 8.26. The van der Waals surface area contributed by atoms with Gasteiger partial charge in [-0.05, 0) is 31.9 Å². The summed E-state index contributed by atoms with van der Waals surface area (Å²) in [6.07, 6.45) is 14.3. The number of thioether (sulfide) groups is 1. The molecule has 0 aromatic carbocycles. The van der Waals surface area contributed by atoms with E-state index in [1.165, 1.54) is 63.1 Å². The molecule has 9 heteroatoms. The molecule has 2 saturated heterocycles. The quantitative estimate of drug-likeness (QED) is 0.157. The summed E-state index contributed by atoms with van der Waals surface area (Å²) in [4.78, 5) is 30.9. The van der Waals surface area contributed by atoms with Crippen LogP contribution in [0, 0.1) is 18.3 Å². The number of nitrogens with zero attached hydrogens (tertiary/aromatic N) is 4. The lowest BCUT2D eigenvalue weighted by molar-refractivity contribution is -0.122. The first-order valence-corrected chi connectivity index (χ1v) is 15.4. The summed E-state index contributed by atoms with van der Waals surface area (Å²) in [6.45, 7) is 9.42. The van der Waals surface area contributed by atoms with Crippen LogP contribution in [0.25, 0.3) is 6.08 Å². The fourth-order valence-corrected chi connectivity index (χ4v) is 6.42. The Morgan fingerprint density at radius 1 is 1.00 bits per heavy atom. The number of aromatic nitrogens is 1. The van der Waals surface area contributed by atoms with Crippen LogP contribution < -0.4 is 10.5 Å². The molecule has 1 amide bonds. The second-order valence-electron chi connectivity index (χ2n) is 10.0. The Bertz CT molecular complexity index is 1120. The third-order valence-corrected chi connectivity index (χ3v) is 8.74. The van der Waals surface area contributed by atoms with Crippen molar-refractivity contribution in [2.75, 3.05) is 37.7 Å². The molecule has 3 heterocycles. The second-order valence-corrected chi connectivity index (χ2v) is 11.7. The molecular formula is C29H42N4O3S2. The van der Waals surface area contributed by atoms with E-state index in [1.807, 2.05) is 13.0 Å². The van der Waals surface area contributed by atoms with Crippen LogP contribution in [0.1, 0.15) is 94.7 Å². The van der Waals surface area contributed by atoms with Crippen molar-refractivity contribution in [2.24, 2.45) is 0 Å². The van der Waals surface area contributed by atoms with Crippen molar-refractivity contribution >= 4 is 46.1 Å². The summed E-state index contributed by atoms with van der Waals surface area (Å²) < 4.78 is 7.75. The van der Waals surface area contributed by atoms with E-state index in [4.69, 9.17) is 17.0 Å². The van der Waals surface area contributed by atoms with Crippen LogP contribution in [0.2, 0.25) is 0 Å². The molecule has 208 valence electrons. The summed E-state index contributed by atoms with van der Waals surface area (Å²) in [5, 5.41) is 9.75. The maximum absolute atomic E-state index is 13.4. The molecule has 3 rings (SSSR count). The van der Waals surface area contributed by atoms with Crippen molar-refractivity contribution in [1.29, 1.82) is 5.26 Å². The van der Waals surface area contributed by atoms with E-state index in [-0.39, 0.29) is 17.0 Å². The topological polar surface area (TPSA) is 78.6 Å². The molecule has 1 aromatic heterocycles. The van der Waals surface area contributed by atoms with E-state index in [0.717, 1.165) is 24.2 Å². The van der Waals surface area contributed by atoms with Gasteiger partial charge in [-0.2, -0.15) is 5.26 Å². The van der Waals surface area contributed by atoms with Crippen LogP contribution in [-0.2, 0) is 16.1 Å². The van der Waals surface area contributed by atoms with E-state index in [0.29, 0.717) is 54.2 Å². The molecule has 2 fully saturated rings. The van der Waals surface area contributed by atoms with Crippen molar-refractivity contribution < 1.29 is 9.53 Å². The number of hydrogen-bond donors (Lipinski definition) is 0. The van der Waals surface area contributed by atoms with Crippen molar-refractivity contribution in [3.8, 4) is 6.07 Å². The zero-order valence-electron chi connectivity index (χ0n) is 23.2. The van der Waals surface area contributed by atoms with Crippen molar-refractivity contribution in [2.45, 2.75) is 91.5 Å². The van der Waals surface area contributed by atoms with E-state index in [1.54, 1.807) is 16.4 Å². The Balaban J connectivity index is 1.71. The summed E-state index contributed by atoms with van der Waals surface area (Å²) >= 11 is 6.89. The van der Waals surface area contributed by atoms with Gasteiger partial charge < -0.3 is 9.64 Å². The first-order valence-electron chi connectivity index (χ1n) is 14.2. The SMILES string of the molecule is CCCCCCCCCCCCN1C(=O)/C(=C/c2c(C)c(C#N)c(=O)n(CC)c2N2CCOCC2)SC1=S. The van der Waals surface area contributed by atoms with Gasteiger partial charge in [0.25, 0.3) is 11.5 Å². The average Bonchev–Trinajstić information content (AvgIpc) is 3.19. The number of amides is 1. The normalized spacial score (nSPS) is 17.1. The predicted octanol–water partition coefficient (Wildman–Crippen LogP) is 6.01. The van der Waals surface area contributed by atoms with Gasteiger partial charge in [0.1, 0.15) is 21.8 Å². The molecular weight excluding hydrogens is 516 g/mol. The maximum atomic E-state index is 13.4. The van der Waals surface area contributed by atoms with Gasteiger partial charge in [-0.25, -0.2) is 0 Å². The Morgan fingerprint density at radius 2 is 1.61 bits per heavy atom. The van der Waals surface area contributed by atoms with Crippen molar-refractivity contribution in [3.63, 3.8) is 0 Å². The molecule has 1 aromatic rings. The minimum absolute atomic E-state index is 0.0870. The number of ether oxygens (including phenoxy) is 1. The smallest absolute Gasteiger partial charge is 0.270 e. The molecule has 0 unspecified atom stereocenters. The number of thiocarbonyl (C=S) groups is 1. The lowest BCUT2D eigenvalue weighted by Gasteiger charge is -2.33.